The molecule has 3 amide bonds. The van der Waals surface area contributed by atoms with Crippen molar-refractivity contribution in [2.24, 2.45) is 5.73 Å². The molecule has 0 aromatic heterocycles. The summed E-state index contributed by atoms with van der Waals surface area (Å²) in [6, 6.07) is 3.51. The molecule has 96 valence electrons. The van der Waals surface area contributed by atoms with Gasteiger partial charge < -0.3 is 11.1 Å². The first-order valence-electron chi connectivity index (χ1n) is 4.99. The number of hydrogen-bond acceptors (Lipinski definition) is 5. The molecule has 8 nitrogen and oxygen atoms in total. The number of nitrogens with one attached hydrogen (secondary N) is 2. The maximum absolute atomic E-state index is 11.1. The van der Waals surface area contributed by atoms with Gasteiger partial charge in [0.05, 0.1) is 11.5 Å². The van der Waals surface area contributed by atoms with Gasteiger partial charge in [0.25, 0.3) is 5.69 Å². The SMILES string of the molecule is Cc1c(NCC(=O)NC(N)=O)cccc1[N+](=O)[O-]. The Labute approximate surface area is 102 Å². The summed E-state index contributed by atoms with van der Waals surface area (Å²) in [4.78, 5) is 31.7. The molecule has 1 rings (SSSR count). The number of nitro groups is 1. The van der Waals surface area contributed by atoms with E-state index in [0.29, 0.717) is 11.3 Å². The molecule has 0 spiro atoms. The molecule has 18 heavy (non-hydrogen) atoms. The summed E-state index contributed by atoms with van der Waals surface area (Å²) in [6.45, 7) is 1.36. The minimum atomic E-state index is -0.947. The zero-order chi connectivity index (χ0) is 13.7. The van der Waals surface area contributed by atoms with Gasteiger partial charge in [-0.2, -0.15) is 0 Å². The molecule has 0 bridgehead atoms. The Morgan fingerprint density at radius 2 is 2.11 bits per heavy atom. The fourth-order valence-electron chi connectivity index (χ4n) is 1.37. The summed E-state index contributed by atoms with van der Waals surface area (Å²) in [5.74, 6) is -0.617. The van der Waals surface area contributed by atoms with E-state index in [4.69, 9.17) is 5.73 Å². The molecule has 1 aromatic rings. The van der Waals surface area contributed by atoms with Crippen molar-refractivity contribution in [1.29, 1.82) is 0 Å². The fraction of sp³-hybridized carbons (Fsp3) is 0.200. The van der Waals surface area contributed by atoms with Crippen molar-refractivity contribution in [1.82, 2.24) is 5.32 Å². The first kappa shape index (κ1) is 13.4. The molecule has 8 heteroatoms. The van der Waals surface area contributed by atoms with Crippen LogP contribution < -0.4 is 16.4 Å². The maximum atomic E-state index is 11.1. The summed E-state index contributed by atoms with van der Waals surface area (Å²) in [5, 5.41) is 15.3. The van der Waals surface area contributed by atoms with Crippen LogP contribution >= 0.6 is 0 Å². The van der Waals surface area contributed by atoms with Gasteiger partial charge in [-0.3, -0.25) is 20.2 Å². The highest BCUT2D eigenvalue weighted by atomic mass is 16.6. The average molecular weight is 252 g/mol. The molecule has 0 aliphatic rings. The van der Waals surface area contributed by atoms with Crippen molar-refractivity contribution in [3.8, 4) is 0 Å². The van der Waals surface area contributed by atoms with Crippen molar-refractivity contribution < 1.29 is 14.5 Å². The summed E-state index contributed by atoms with van der Waals surface area (Å²) < 4.78 is 0. The average Bonchev–Trinajstić information content (AvgIpc) is 2.26. The van der Waals surface area contributed by atoms with E-state index in [1.54, 1.807) is 13.0 Å². The number of anilines is 1. The molecule has 4 N–H and O–H groups in total. The van der Waals surface area contributed by atoms with Gasteiger partial charge in [-0.1, -0.05) is 6.07 Å². The van der Waals surface area contributed by atoms with Crippen LogP contribution in [0.5, 0.6) is 0 Å². The smallest absolute Gasteiger partial charge is 0.318 e. The predicted molar refractivity (Wildman–Crippen MR) is 64.0 cm³/mol. The number of urea groups is 1. The van der Waals surface area contributed by atoms with Gasteiger partial charge in [-0.25, -0.2) is 4.79 Å². The van der Waals surface area contributed by atoms with Gasteiger partial charge in [-0.05, 0) is 13.0 Å². The van der Waals surface area contributed by atoms with Crippen LogP contribution in [0.25, 0.3) is 0 Å². The minimum absolute atomic E-state index is 0.0460. The molecular weight excluding hydrogens is 240 g/mol. The van der Waals surface area contributed by atoms with E-state index in [0.717, 1.165) is 0 Å². The standard InChI is InChI=1S/C10H12N4O4/c1-6-7(3-2-4-8(6)14(17)18)12-5-9(15)13-10(11)16/h2-4,12H,5H2,1H3,(H3,11,13,15,16). The molecule has 0 heterocycles. The third-order valence-electron chi connectivity index (χ3n) is 2.20. The summed E-state index contributed by atoms with van der Waals surface area (Å²) in [5.41, 5.74) is 5.58. The number of amides is 3. The van der Waals surface area contributed by atoms with E-state index in [2.05, 4.69) is 5.32 Å². The van der Waals surface area contributed by atoms with Gasteiger partial charge >= 0.3 is 6.03 Å². The number of nitrogens with zero attached hydrogens (tertiary/aromatic N) is 1. The van der Waals surface area contributed by atoms with Crippen LogP contribution in [0.15, 0.2) is 18.2 Å². The normalized spacial score (nSPS) is 9.61. The van der Waals surface area contributed by atoms with Gasteiger partial charge in [0.1, 0.15) is 0 Å². The lowest BCUT2D eigenvalue weighted by Gasteiger charge is -2.08. The van der Waals surface area contributed by atoms with Crippen molar-refractivity contribution in [3.05, 3.63) is 33.9 Å². The lowest BCUT2D eigenvalue weighted by molar-refractivity contribution is -0.385. The van der Waals surface area contributed by atoms with Crippen molar-refractivity contribution in [2.75, 3.05) is 11.9 Å². The Bertz CT molecular complexity index is 501. The van der Waals surface area contributed by atoms with Crippen molar-refractivity contribution >= 4 is 23.3 Å². The monoisotopic (exact) mass is 252 g/mol. The first-order valence-corrected chi connectivity index (χ1v) is 4.99. The summed E-state index contributed by atoms with van der Waals surface area (Å²) >= 11 is 0. The van der Waals surface area contributed by atoms with E-state index >= 15 is 0 Å². The zero-order valence-electron chi connectivity index (χ0n) is 9.60. The van der Waals surface area contributed by atoms with Crippen LogP contribution in [0.4, 0.5) is 16.2 Å². The molecule has 0 fully saturated rings. The van der Waals surface area contributed by atoms with Crippen LogP contribution in [0.1, 0.15) is 5.56 Å². The maximum Gasteiger partial charge on any atom is 0.318 e. The molecule has 0 radical (unpaired) electrons. The number of rotatable bonds is 4. The quantitative estimate of drug-likeness (QED) is 0.531. The number of nitro benzene ring substituents is 1. The molecule has 1 aromatic carbocycles. The van der Waals surface area contributed by atoms with Crippen molar-refractivity contribution in [3.63, 3.8) is 0 Å². The Balaban J connectivity index is 2.74. The van der Waals surface area contributed by atoms with Crippen molar-refractivity contribution in [2.45, 2.75) is 6.92 Å². The number of hydrogen-bond donors (Lipinski definition) is 3. The summed E-state index contributed by atoms with van der Waals surface area (Å²) in [7, 11) is 0. The van der Waals surface area contributed by atoms with E-state index in [9.17, 15) is 19.7 Å². The van der Waals surface area contributed by atoms with Gasteiger partial charge in [0.2, 0.25) is 5.91 Å². The second-order valence-electron chi connectivity index (χ2n) is 3.47. The van der Waals surface area contributed by atoms with E-state index in [1.807, 2.05) is 5.32 Å². The topological polar surface area (TPSA) is 127 Å². The Kier molecular flexibility index (Phi) is 4.19. The van der Waals surface area contributed by atoms with E-state index in [1.165, 1.54) is 12.1 Å². The van der Waals surface area contributed by atoms with Gasteiger partial charge in [0.15, 0.2) is 0 Å². The number of nitrogens with two attached hydrogens (primary N) is 1. The highest BCUT2D eigenvalue weighted by molar-refractivity contribution is 5.95. The molecule has 0 atom stereocenters. The predicted octanol–water partition coefficient (Wildman–Crippen LogP) is 0.510. The summed E-state index contributed by atoms with van der Waals surface area (Å²) in [6.07, 6.45) is 0. The van der Waals surface area contributed by atoms with Crippen LogP contribution in [-0.2, 0) is 4.79 Å². The van der Waals surface area contributed by atoms with Crippen LogP contribution in [-0.4, -0.2) is 23.4 Å². The highest BCUT2D eigenvalue weighted by Gasteiger charge is 2.13. The molecular formula is C10H12N4O4. The second kappa shape index (κ2) is 5.62. The lowest BCUT2D eigenvalue weighted by Crippen LogP contribution is -2.38. The lowest BCUT2D eigenvalue weighted by atomic mass is 10.1. The fourth-order valence-corrected chi connectivity index (χ4v) is 1.37. The third-order valence-corrected chi connectivity index (χ3v) is 2.20. The number of benzene rings is 1. The molecule has 0 aliphatic heterocycles. The minimum Gasteiger partial charge on any atom is -0.376 e. The van der Waals surface area contributed by atoms with Gasteiger partial charge in [0, 0.05) is 17.3 Å². The molecule has 0 saturated carbocycles. The van der Waals surface area contributed by atoms with Gasteiger partial charge in [-0.15, -0.1) is 0 Å². The zero-order valence-corrected chi connectivity index (χ0v) is 9.60. The molecule has 0 aliphatic carbocycles. The van der Waals surface area contributed by atoms with E-state index in [-0.39, 0.29) is 12.2 Å². The Morgan fingerprint density at radius 1 is 1.44 bits per heavy atom. The Hall–Kier alpha value is -2.64. The largest absolute Gasteiger partial charge is 0.376 e. The molecule has 0 unspecified atom stereocenters. The Morgan fingerprint density at radius 3 is 2.67 bits per heavy atom. The van der Waals surface area contributed by atoms with Crippen LogP contribution in [0.2, 0.25) is 0 Å². The number of imide groups is 1. The number of carbonyl (C=O) groups is 2. The highest BCUT2D eigenvalue weighted by Crippen LogP contribution is 2.24. The first-order chi connectivity index (χ1) is 8.41. The van der Waals surface area contributed by atoms with E-state index < -0.39 is 16.9 Å². The molecule has 0 saturated heterocycles. The number of primary amides is 1. The second-order valence-corrected chi connectivity index (χ2v) is 3.47. The third kappa shape index (κ3) is 3.44. The van der Waals surface area contributed by atoms with Crippen LogP contribution in [0.3, 0.4) is 0 Å². The van der Waals surface area contributed by atoms with Crippen LogP contribution in [0, 0.1) is 17.0 Å². The number of carbonyl (C=O) groups excluding carboxylic acids is 2.